The number of alkyl halides is 3. The van der Waals surface area contributed by atoms with E-state index in [0.717, 1.165) is 11.3 Å². The summed E-state index contributed by atoms with van der Waals surface area (Å²) in [5, 5.41) is 12.4. The summed E-state index contributed by atoms with van der Waals surface area (Å²) < 4.78 is 46.7. The average molecular weight is 365 g/mol. The molecule has 0 aliphatic carbocycles. The van der Waals surface area contributed by atoms with Gasteiger partial charge in [0.2, 0.25) is 0 Å². The van der Waals surface area contributed by atoms with Crippen molar-refractivity contribution in [3.63, 3.8) is 0 Å². The fourth-order valence-electron chi connectivity index (χ4n) is 2.41. The number of pyridine rings is 1. The highest BCUT2D eigenvalue weighted by molar-refractivity contribution is 5.60. The van der Waals surface area contributed by atoms with Crippen molar-refractivity contribution < 1.29 is 22.6 Å². The Morgan fingerprint density at radius 1 is 1.19 bits per heavy atom. The highest BCUT2D eigenvalue weighted by Crippen LogP contribution is 2.30. The van der Waals surface area contributed by atoms with Crippen LogP contribution in [0.3, 0.4) is 0 Å². The molecule has 1 aromatic carbocycles. The summed E-state index contributed by atoms with van der Waals surface area (Å²) in [6.07, 6.45) is -4.42. The average Bonchev–Trinajstić information content (AvgIpc) is 2.57. The van der Waals surface area contributed by atoms with E-state index in [9.17, 15) is 18.4 Å². The summed E-state index contributed by atoms with van der Waals surface area (Å²) in [6.45, 7) is 2.55. The van der Waals surface area contributed by atoms with Crippen LogP contribution in [0.5, 0.6) is 11.5 Å². The van der Waals surface area contributed by atoms with Crippen molar-refractivity contribution in [3.05, 3.63) is 46.8 Å². The number of nitrogens with zero attached hydrogens (tertiary/aromatic N) is 2. The van der Waals surface area contributed by atoms with E-state index in [1.54, 1.807) is 25.1 Å². The van der Waals surface area contributed by atoms with Crippen molar-refractivity contribution in [2.24, 2.45) is 0 Å². The second-order valence-corrected chi connectivity index (χ2v) is 5.63. The molecule has 0 bridgehead atoms. The van der Waals surface area contributed by atoms with Crippen molar-refractivity contribution in [2.45, 2.75) is 26.6 Å². The topological polar surface area (TPSA) is 67.2 Å². The maximum Gasteiger partial charge on any atom is 0.422 e. The van der Waals surface area contributed by atoms with Crippen LogP contribution in [0, 0.1) is 25.2 Å². The van der Waals surface area contributed by atoms with Gasteiger partial charge in [0.15, 0.2) is 18.1 Å². The number of hydrogen-bond donors (Lipinski definition) is 1. The maximum atomic E-state index is 12.3. The summed E-state index contributed by atoms with van der Waals surface area (Å²) in [7, 11) is 1.36. The third-order valence-electron chi connectivity index (χ3n) is 3.54. The highest BCUT2D eigenvalue weighted by Gasteiger charge is 2.29. The predicted octanol–water partition coefficient (Wildman–Crippen LogP) is 4.13. The second kappa shape index (κ2) is 7.95. The molecule has 0 unspecified atom stereocenters. The van der Waals surface area contributed by atoms with Gasteiger partial charge in [-0.1, -0.05) is 6.07 Å². The van der Waals surface area contributed by atoms with Gasteiger partial charge in [0.1, 0.15) is 6.07 Å². The summed E-state index contributed by atoms with van der Waals surface area (Å²) in [4.78, 5) is 4.25. The van der Waals surface area contributed by atoms with Gasteiger partial charge in [-0.05, 0) is 37.6 Å². The number of hydrogen-bond acceptors (Lipinski definition) is 5. The molecule has 1 N–H and O–H groups in total. The zero-order valence-electron chi connectivity index (χ0n) is 14.6. The smallest absolute Gasteiger partial charge is 0.422 e. The fraction of sp³-hybridized carbons (Fsp3) is 0.333. The van der Waals surface area contributed by atoms with E-state index in [1.807, 2.05) is 6.92 Å². The molecular weight excluding hydrogens is 347 g/mol. The maximum absolute atomic E-state index is 12.3. The monoisotopic (exact) mass is 365 g/mol. The minimum Gasteiger partial charge on any atom is -0.493 e. The van der Waals surface area contributed by atoms with Gasteiger partial charge in [-0.2, -0.15) is 18.4 Å². The number of nitriles is 1. The lowest BCUT2D eigenvalue weighted by Gasteiger charge is -2.15. The van der Waals surface area contributed by atoms with Gasteiger partial charge in [-0.15, -0.1) is 0 Å². The van der Waals surface area contributed by atoms with Crippen LogP contribution in [-0.2, 0) is 6.54 Å². The number of rotatable bonds is 6. The molecule has 1 heterocycles. The van der Waals surface area contributed by atoms with Crippen molar-refractivity contribution in [1.82, 2.24) is 4.98 Å². The van der Waals surface area contributed by atoms with Crippen molar-refractivity contribution in [3.8, 4) is 17.6 Å². The van der Waals surface area contributed by atoms with Crippen molar-refractivity contribution in [2.75, 3.05) is 19.0 Å². The molecule has 0 fully saturated rings. The molecule has 138 valence electrons. The normalized spacial score (nSPS) is 11.0. The highest BCUT2D eigenvalue weighted by atomic mass is 19.4. The Hall–Kier alpha value is -2.95. The first-order valence-electron chi connectivity index (χ1n) is 7.72. The number of ether oxygens (including phenoxy) is 2. The molecule has 0 amide bonds. The van der Waals surface area contributed by atoms with E-state index in [2.05, 4.69) is 16.4 Å². The van der Waals surface area contributed by atoms with Crippen molar-refractivity contribution in [1.29, 1.82) is 5.26 Å². The number of aromatic nitrogens is 1. The quantitative estimate of drug-likeness (QED) is 0.834. The first kappa shape index (κ1) is 19.4. The van der Waals surface area contributed by atoms with Crippen LogP contribution in [0.2, 0.25) is 0 Å². The number of anilines is 1. The lowest BCUT2D eigenvalue weighted by Crippen LogP contribution is -2.19. The molecule has 1 aromatic heterocycles. The Bertz CT molecular complexity index is 830. The van der Waals surface area contributed by atoms with Crippen LogP contribution < -0.4 is 14.8 Å². The van der Waals surface area contributed by atoms with Crippen LogP contribution in [-0.4, -0.2) is 24.9 Å². The first-order chi connectivity index (χ1) is 12.2. The van der Waals surface area contributed by atoms with Crippen molar-refractivity contribution >= 4 is 5.69 Å². The fourth-order valence-corrected chi connectivity index (χ4v) is 2.41. The lowest BCUT2D eigenvalue weighted by molar-refractivity contribution is -0.153. The summed E-state index contributed by atoms with van der Waals surface area (Å²) >= 11 is 0. The first-order valence-corrected chi connectivity index (χ1v) is 7.72. The van der Waals surface area contributed by atoms with Gasteiger partial charge in [0, 0.05) is 12.2 Å². The Labute approximate surface area is 149 Å². The Morgan fingerprint density at radius 3 is 2.54 bits per heavy atom. The van der Waals surface area contributed by atoms with E-state index in [0.29, 0.717) is 23.5 Å². The minimum atomic E-state index is -4.42. The van der Waals surface area contributed by atoms with Crippen LogP contribution >= 0.6 is 0 Å². The van der Waals surface area contributed by atoms with Gasteiger partial charge in [-0.25, -0.2) is 0 Å². The van der Waals surface area contributed by atoms with Crippen LogP contribution in [0.4, 0.5) is 18.9 Å². The van der Waals surface area contributed by atoms with Gasteiger partial charge in [0.05, 0.1) is 24.1 Å². The minimum absolute atomic E-state index is 0.0156. The molecule has 5 nitrogen and oxygen atoms in total. The molecule has 0 radical (unpaired) electrons. The molecule has 26 heavy (non-hydrogen) atoms. The summed E-state index contributed by atoms with van der Waals surface area (Å²) in [5.74, 6) is 0.220. The van der Waals surface area contributed by atoms with E-state index in [4.69, 9.17) is 9.47 Å². The molecule has 0 atom stereocenters. The zero-order chi connectivity index (χ0) is 19.3. The number of methoxy groups -OCH3 is 1. The Balaban J connectivity index is 2.15. The SMILES string of the molecule is COc1cc(CNc2cc(C)nc(C)c2C#N)ccc1OCC(F)(F)F. The van der Waals surface area contributed by atoms with Crippen LogP contribution in [0.1, 0.15) is 22.5 Å². The van der Waals surface area contributed by atoms with Crippen LogP contribution in [0.15, 0.2) is 24.3 Å². The largest absolute Gasteiger partial charge is 0.493 e. The van der Waals surface area contributed by atoms with E-state index >= 15 is 0 Å². The number of benzene rings is 1. The zero-order valence-corrected chi connectivity index (χ0v) is 14.6. The third kappa shape index (κ3) is 5.02. The Kier molecular flexibility index (Phi) is 5.93. The standard InChI is InChI=1S/C18H18F3N3O2/c1-11-6-15(14(8-22)12(2)24-11)23-9-13-4-5-16(17(7-13)25-3)26-10-18(19,20)21/h4-7H,9-10H2,1-3H3,(H,23,24). The number of nitrogens with one attached hydrogen (secondary N) is 1. The second-order valence-electron chi connectivity index (χ2n) is 5.63. The summed E-state index contributed by atoms with van der Waals surface area (Å²) in [5.41, 5.74) is 3.26. The van der Waals surface area contributed by atoms with E-state index in [1.165, 1.54) is 13.2 Å². The van der Waals surface area contributed by atoms with Gasteiger partial charge in [0.25, 0.3) is 0 Å². The summed E-state index contributed by atoms with van der Waals surface area (Å²) in [6, 6.07) is 8.53. The van der Waals surface area contributed by atoms with Crippen LogP contribution in [0.25, 0.3) is 0 Å². The molecule has 0 aliphatic rings. The van der Waals surface area contributed by atoms with Gasteiger partial charge < -0.3 is 14.8 Å². The number of halogens is 3. The van der Waals surface area contributed by atoms with E-state index < -0.39 is 12.8 Å². The van der Waals surface area contributed by atoms with E-state index in [-0.39, 0.29) is 11.5 Å². The molecular formula is C18H18F3N3O2. The molecule has 2 rings (SSSR count). The molecule has 8 heteroatoms. The molecule has 0 saturated carbocycles. The molecule has 0 spiro atoms. The predicted molar refractivity (Wildman–Crippen MR) is 90.3 cm³/mol. The van der Waals surface area contributed by atoms with Gasteiger partial charge >= 0.3 is 6.18 Å². The molecule has 2 aromatic rings. The van der Waals surface area contributed by atoms with Gasteiger partial charge in [-0.3, -0.25) is 4.98 Å². The number of aryl methyl sites for hydroxylation is 2. The molecule has 0 saturated heterocycles. The lowest BCUT2D eigenvalue weighted by atomic mass is 10.1. The molecule has 0 aliphatic heterocycles. The Morgan fingerprint density at radius 2 is 1.92 bits per heavy atom. The third-order valence-corrected chi connectivity index (χ3v) is 3.54.